The lowest BCUT2D eigenvalue weighted by Gasteiger charge is -2.12. The van der Waals surface area contributed by atoms with Crippen molar-refractivity contribution in [2.45, 2.75) is 44.7 Å². The maximum absolute atomic E-state index is 11.9. The van der Waals surface area contributed by atoms with Gasteiger partial charge in [0.1, 0.15) is 0 Å². The van der Waals surface area contributed by atoms with Crippen LogP contribution in [-0.2, 0) is 11.3 Å². The van der Waals surface area contributed by atoms with Gasteiger partial charge in [-0.15, -0.1) is 0 Å². The molecule has 2 aromatic rings. The lowest BCUT2D eigenvalue weighted by atomic mass is 10.2. The van der Waals surface area contributed by atoms with Gasteiger partial charge in [-0.3, -0.25) is 4.79 Å². The molecule has 1 aliphatic rings. The summed E-state index contributed by atoms with van der Waals surface area (Å²) in [6.45, 7) is 0.756. The van der Waals surface area contributed by atoms with E-state index < -0.39 is 0 Å². The van der Waals surface area contributed by atoms with Crippen LogP contribution in [0.3, 0.4) is 0 Å². The normalized spacial score (nSPS) is 16.0. The first-order valence-electron chi connectivity index (χ1n) is 7.16. The molecule has 0 bridgehead atoms. The Bertz CT molecular complexity index is 567. The molecule has 100 valence electrons. The van der Waals surface area contributed by atoms with Crippen LogP contribution in [0, 0.1) is 0 Å². The predicted molar refractivity (Wildman–Crippen MR) is 77.0 cm³/mol. The van der Waals surface area contributed by atoms with Crippen molar-refractivity contribution >= 4 is 16.8 Å². The molecule has 0 saturated heterocycles. The lowest BCUT2D eigenvalue weighted by molar-refractivity contribution is -0.121. The first kappa shape index (κ1) is 12.3. The van der Waals surface area contributed by atoms with Crippen molar-refractivity contribution in [2.75, 3.05) is 0 Å². The van der Waals surface area contributed by atoms with Crippen LogP contribution in [0.5, 0.6) is 0 Å². The minimum Gasteiger partial charge on any atom is -0.353 e. The number of nitrogens with one attached hydrogen (secondary N) is 1. The van der Waals surface area contributed by atoms with Crippen LogP contribution in [0.1, 0.15) is 32.1 Å². The van der Waals surface area contributed by atoms with Gasteiger partial charge in [-0.1, -0.05) is 31.0 Å². The summed E-state index contributed by atoms with van der Waals surface area (Å²) in [6, 6.07) is 10.8. The van der Waals surface area contributed by atoms with E-state index in [2.05, 4.69) is 34.3 Å². The molecule has 1 amide bonds. The van der Waals surface area contributed by atoms with E-state index in [4.69, 9.17) is 0 Å². The Morgan fingerprint density at radius 1 is 1.21 bits per heavy atom. The van der Waals surface area contributed by atoms with Crippen LogP contribution in [0.15, 0.2) is 36.5 Å². The zero-order valence-electron chi connectivity index (χ0n) is 11.1. The first-order chi connectivity index (χ1) is 9.33. The fourth-order valence-electron chi connectivity index (χ4n) is 2.93. The molecule has 0 radical (unpaired) electrons. The highest BCUT2D eigenvalue weighted by molar-refractivity contribution is 5.80. The number of hydrogen-bond acceptors (Lipinski definition) is 1. The standard InChI is InChI=1S/C16H20N2O/c19-16(17-14-6-2-3-7-14)10-12-18-11-9-13-5-1-4-8-15(13)18/h1,4-5,8-9,11,14H,2-3,6-7,10,12H2,(H,17,19). The Labute approximate surface area is 113 Å². The molecular weight excluding hydrogens is 236 g/mol. The average molecular weight is 256 g/mol. The Kier molecular flexibility index (Phi) is 3.53. The van der Waals surface area contributed by atoms with Gasteiger partial charge < -0.3 is 9.88 Å². The number of aromatic nitrogens is 1. The minimum atomic E-state index is 0.185. The van der Waals surface area contributed by atoms with Gasteiger partial charge in [-0.05, 0) is 30.4 Å². The number of carbonyl (C=O) groups is 1. The summed E-state index contributed by atoms with van der Waals surface area (Å²) < 4.78 is 2.16. The quantitative estimate of drug-likeness (QED) is 0.896. The third-order valence-corrected chi connectivity index (χ3v) is 3.98. The zero-order chi connectivity index (χ0) is 13.1. The predicted octanol–water partition coefficient (Wildman–Crippen LogP) is 3.09. The lowest BCUT2D eigenvalue weighted by Crippen LogP contribution is -2.33. The fourth-order valence-corrected chi connectivity index (χ4v) is 2.93. The second-order valence-corrected chi connectivity index (χ2v) is 5.37. The zero-order valence-corrected chi connectivity index (χ0v) is 11.1. The summed E-state index contributed by atoms with van der Waals surface area (Å²) in [7, 11) is 0. The summed E-state index contributed by atoms with van der Waals surface area (Å²) in [4.78, 5) is 11.9. The van der Waals surface area contributed by atoms with Gasteiger partial charge >= 0.3 is 0 Å². The molecule has 1 aromatic heterocycles. The van der Waals surface area contributed by atoms with Crippen molar-refractivity contribution in [3.05, 3.63) is 36.5 Å². The topological polar surface area (TPSA) is 34.0 Å². The van der Waals surface area contributed by atoms with E-state index in [-0.39, 0.29) is 5.91 Å². The summed E-state index contributed by atoms with van der Waals surface area (Å²) in [6.07, 6.45) is 7.44. The van der Waals surface area contributed by atoms with Crippen LogP contribution < -0.4 is 5.32 Å². The summed E-state index contributed by atoms with van der Waals surface area (Å²) in [5, 5.41) is 4.37. The SMILES string of the molecule is O=C(CCn1ccc2ccccc21)NC1CCCC1. The third kappa shape index (κ3) is 2.80. The molecule has 1 fully saturated rings. The molecule has 1 saturated carbocycles. The molecular formula is C16H20N2O. The maximum atomic E-state index is 11.9. The van der Waals surface area contributed by atoms with Crippen LogP contribution in [0.25, 0.3) is 10.9 Å². The van der Waals surface area contributed by atoms with Gasteiger partial charge in [0.05, 0.1) is 0 Å². The number of benzene rings is 1. The van der Waals surface area contributed by atoms with E-state index in [1.807, 2.05) is 12.1 Å². The Morgan fingerprint density at radius 3 is 2.84 bits per heavy atom. The molecule has 0 spiro atoms. The highest BCUT2D eigenvalue weighted by Crippen LogP contribution is 2.18. The van der Waals surface area contributed by atoms with Crippen LogP contribution >= 0.6 is 0 Å². The molecule has 3 heteroatoms. The second kappa shape index (κ2) is 5.47. The maximum Gasteiger partial charge on any atom is 0.222 e. The van der Waals surface area contributed by atoms with Gasteiger partial charge in [0.25, 0.3) is 0 Å². The Morgan fingerprint density at radius 2 is 2.00 bits per heavy atom. The molecule has 0 atom stereocenters. The van der Waals surface area contributed by atoms with Crippen LogP contribution in [-0.4, -0.2) is 16.5 Å². The van der Waals surface area contributed by atoms with Crippen LogP contribution in [0.2, 0.25) is 0 Å². The van der Waals surface area contributed by atoms with Crippen molar-refractivity contribution < 1.29 is 4.79 Å². The van der Waals surface area contributed by atoms with E-state index in [9.17, 15) is 4.79 Å². The Hall–Kier alpha value is -1.77. The number of hydrogen-bond donors (Lipinski definition) is 1. The van der Waals surface area contributed by atoms with Gasteiger partial charge in [-0.25, -0.2) is 0 Å². The van der Waals surface area contributed by atoms with E-state index in [1.165, 1.54) is 23.7 Å². The molecule has 0 unspecified atom stereocenters. The minimum absolute atomic E-state index is 0.185. The Balaban J connectivity index is 1.58. The summed E-state index contributed by atoms with van der Waals surface area (Å²) in [5.41, 5.74) is 1.20. The summed E-state index contributed by atoms with van der Waals surface area (Å²) >= 11 is 0. The van der Waals surface area contributed by atoms with Gasteiger partial charge in [-0.2, -0.15) is 0 Å². The first-order valence-corrected chi connectivity index (χ1v) is 7.16. The monoisotopic (exact) mass is 256 g/mol. The molecule has 1 N–H and O–H groups in total. The number of aryl methyl sites for hydroxylation is 1. The van der Waals surface area contributed by atoms with Gasteiger partial charge in [0.2, 0.25) is 5.91 Å². The third-order valence-electron chi connectivity index (χ3n) is 3.98. The molecule has 1 heterocycles. The number of para-hydroxylation sites is 1. The van der Waals surface area contributed by atoms with Crippen molar-refractivity contribution in [3.63, 3.8) is 0 Å². The van der Waals surface area contributed by atoms with E-state index >= 15 is 0 Å². The smallest absolute Gasteiger partial charge is 0.222 e. The van der Waals surface area contributed by atoms with Crippen molar-refractivity contribution in [1.29, 1.82) is 0 Å². The van der Waals surface area contributed by atoms with Crippen molar-refractivity contribution in [2.24, 2.45) is 0 Å². The molecule has 3 nitrogen and oxygen atoms in total. The molecule has 3 rings (SSSR count). The van der Waals surface area contributed by atoms with E-state index in [1.54, 1.807) is 0 Å². The largest absolute Gasteiger partial charge is 0.353 e. The summed E-state index contributed by atoms with van der Waals surface area (Å²) in [5.74, 6) is 0.185. The molecule has 19 heavy (non-hydrogen) atoms. The van der Waals surface area contributed by atoms with Crippen LogP contribution in [0.4, 0.5) is 0 Å². The van der Waals surface area contributed by atoms with E-state index in [0.717, 1.165) is 19.4 Å². The second-order valence-electron chi connectivity index (χ2n) is 5.37. The fraction of sp³-hybridized carbons (Fsp3) is 0.438. The molecule has 0 aliphatic heterocycles. The average Bonchev–Trinajstić information content (AvgIpc) is 3.05. The highest BCUT2D eigenvalue weighted by Gasteiger charge is 2.16. The van der Waals surface area contributed by atoms with Gasteiger partial charge in [0.15, 0.2) is 0 Å². The number of fused-ring (bicyclic) bond motifs is 1. The number of nitrogens with zero attached hydrogens (tertiary/aromatic N) is 1. The van der Waals surface area contributed by atoms with Crippen molar-refractivity contribution in [3.8, 4) is 0 Å². The number of carbonyl (C=O) groups excluding carboxylic acids is 1. The van der Waals surface area contributed by atoms with E-state index in [0.29, 0.717) is 12.5 Å². The van der Waals surface area contributed by atoms with Gasteiger partial charge in [0, 0.05) is 30.7 Å². The molecule has 1 aliphatic carbocycles. The number of rotatable bonds is 4. The number of amides is 1. The molecule has 1 aromatic carbocycles. The van der Waals surface area contributed by atoms with Crippen molar-refractivity contribution in [1.82, 2.24) is 9.88 Å². The highest BCUT2D eigenvalue weighted by atomic mass is 16.1.